The predicted octanol–water partition coefficient (Wildman–Crippen LogP) is 4.35. The molecule has 8 nitrogen and oxygen atoms in total. The third kappa shape index (κ3) is 4.54. The van der Waals surface area contributed by atoms with Gasteiger partial charge in [0, 0.05) is 12.2 Å². The highest BCUT2D eigenvalue weighted by Crippen LogP contribution is 2.30. The van der Waals surface area contributed by atoms with E-state index < -0.39 is 17.8 Å². The minimum Gasteiger partial charge on any atom is -0.494 e. The van der Waals surface area contributed by atoms with Gasteiger partial charge >= 0.3 is 5.97 Å². The number of amides is 1. The molecule has 0 bridgehead atoms. The summed E-state index contributed by atoms with van der Waals surface area (Å²) in [4.78, 5) is 42.4. The van der Waals surface area contributed by atoms with Crippen molar-refractivity contribution in [1.82, 2.24) is 9.55 Å². The molecule has 1 aliphatic carbocycles. The molecule has 8 heteroatoms. The summed E-state index contributed by atoms with van der Waals surface area (Å²) in [7, 11) is 0. The Hall–Kier alpha value is -4.20. The second-order valence-electron chi connectivity index (χ2n) is 9.03. The molecule has 0 fully saturated rings. The number of carbonyl (C=O) groups is 2. The maximum atomic E-state index is 13.2. The smallest absolute Gasteiger partial charge is 0.307 e. The molecule has 2 N–H and O–H groups in total. The van der Waals surface area contributed by atoms with Crippen LogP contribution in [-0.2, 0) is 16.1 Å². The van der Waals surface area contributed by atoms with Crippen LogP contribution in [0.2, 0.25) is 0 Å². The molecule has 2 atom stereocenters. The Bertz CT molecular complexity index is 1470. The lowest BCUT2D eigenvalue weighted by Crippen LogP contribution is -2.34. The van der Waals surface area contributed by atoms with Gasteiger partial charge < -0.3 is 15.2 Å². The second kappa shape index (κ2) is 9.81. The molecule has 2 heterocycles. The summed E-state index contributed by atoms with van der Waals surface area (Å²) in [6, 6.07) is 12.8. The van der Waals surface area contributed by atoms with Crippen molar-refractivity contribution in [2.75, 3.05) is 11.9 Å². The fraction of sp³-hybridized carbons (Fsp3) is 0.286. The van der Waals surface area contributed by atoms with E-state index in [4.69, 9.17) is 9.72 Å². The number of anilines is 1. The van der Waals surface area contributed by atoms with E-state index in [1.807, 2.05) is 43.3 Å². The van der Waals surface area contributed by atoms with Gasteiger partial charge in [-0.3, -0.25) is 19.0 Å². The summed E-state index contributed by atoms with van der Waals surface area (Å²) in [5, 5.41) is 12.8. The number of fused-ring (bicyclic) bond motifs is 2. The lowest BCUT2D eigenvalue weighted by molar-refractivity contribution is -0.146. The first-order valence-corrected chi connectivity index (χ1v) is 12.1. The minimum absolute atomic E-state index is 0.122. The number of aliphatic carboxylic acids is 1. The molecular formula is C28H27N3O5. The molecular weight excluding hydrogens is 458 g/mol. The van der Waals surface area contributed by atoms with Crippen LogP contribution in [0.4, 0.5) is 5.69 Å². The average molecular weight is 486 g/mol. The number of nitrogens with zero attached hydrogens (tertiary/aromatic N) is 2. The third-order valence-electron chi connectivity index (χ3n) is 6.71. The van der Waals surface area contributed by atoms with Gasteiger partial charge in [0.1, 0.15) is 11.6 Å². The summed E-state index contributed by atoms with van der Waals surface area (Å²) in [6.07, 6.45) is 7.06. The first-order chi connectivity index (χ1) is 17.4. The van der Waals surface area contributed by atoms with Crippen molar-refractivity contribution in [2.24, 2.45) is 11.8 Å². The van der Waals surface area contributed by atoms with E-state index in [-0.39, 0.29) is 11.5 Å². The molecule has 2 aromatic carbocycles. The fourth-order valence-electron chi connectivity index (χ4n) is 4.91. The summed E-state index contributed by atoms with van der Waals surface area (Å²) in [5.74, 6) is -1.33. The monoisotopic (exact) mass is 485 g/mol. The summed E-state index contributed by atoms with van der Waals surface area (Å²) < 4.78 is 7.28. The van der Waals surface area contributed by atoms with Crippen LogP contribution in [0.5, 0.6) is 5.75 Å². The van der Waals surface area contributed by atoms with Gasteiger partial charge in [-0.15, -0.1) is 0 Å². The second-order valence-corrected chi connectivity index (χ2v) is 9.03. The Morgan fingerprint density at radius 1 is 1.17 bits per heavy atom. The highest BCUT2D eigenvalue weighted by molar-refractivity contribution is 5.97. The number of carboxylic acid groups (broad SMARTS) is 1. The number of aromatic nitrogens is 2. The number of nitrogens with one attached hydrogen (secondary N) is 1. The molecule has 0 radical (unpaired) electrons. The summed E-state index contributed by atoms with van der Waals surface area (Å²) in [6.45, 7) is 3.07. The zero-order chi connectivity index (χ0) is 25.2. The zero-order valence-corrected chi connectivity index (χ0v) is 19.9. The SMILES string of the molecule is CCOc1cccc(/C=C2/CCn3c2nc2cc(NC(=O)[C@@H]4CC=CC[C@@H]4C(=O)O)ccc2c3=O)c1. The van der Waals surface area contributed by atoms with Crippen LogP contribution in [0.1, 0.15) is 37.6 Å². The van der Waals surface area contributed by atoms with Crippen LogP contribution in [0.15, 0.2) is 59.4 Å². The van der Waals surface area contributed by atoms with Gasteiger partial charge in [0.05, 0.1) is 29.3 Å². The van der Waals surface area contributed by atoms with E-state index in [1.54, 1.807) is 28.8 Å². The number of allylic oxidation sites excluding steroid dienone is 3. The van der Waals surface area contributed by atoms with Crippen LogP contribution >= 0.6 is 0 Å². The zero-order valence-electron chi connectivity index (χ0n) is 19.9. The van der Waals surface area contributed by atoms with Crippen molar-refractivity contribution < 1.29 is 19.4 Å². The van der Waals surface area contributed by atoms with Crippen LogP contribution < -0.4 is 15.6 Å². The molecule has 36 heavy (non-hydrogen) atoms. The predicted molar refractivity (Wildman–Crippen MR) is 138 cm³/mol. The summed E-state index contributed by atoms with van der Waals surface area (Å²) >= 11 is 0. The number of hydrogen-bond acceptors (Lipinski definition) is 5. The van der Waals surface area contributed by atoms with Crippen molar-refractivity contribution in [2.45, 2.75) is 32.7 Å². The van der Waals surface area contributed by atoms with Crippen LogP contribution in [0.3, 0.4) is 0 Å². The molecule has 0 spiro atoms. The largest absolute Gasteiger partial charge is 0.494 e. The molecule has 3 aromatic rings. The van der Waals surface area contributed by atoms with Crippen molar-refractivity contribution in [3.63, 3.8) is 0 Å². The van der Waals surface area contributed by atoms with E-state index in [0.717, 1.165) is 16.9 Å². The Morgan fingerprint density at radius 2 is 1.97 bits per heavy atom. The standard InChI is InChI=1S/C28H27N3O5/c1-2-36-20-7-5-6-17(15-20)14-18-12-13-31-25(18)30-24-16-19(10-11-23(24)27(31)33)29-26(32)21-8-3-4-9-22(21)28(34)35/h3-7,10-11,14-16,21-22H,2,8-9,12-13H2,1H3,(H,29,32)(H,34,35)/b18-14-/t21-,22+/m1/s1. The molecule has 0 unspecified atom stereocenters. The molecule has 0 saturated carbocycles. The number of hydrogen-bond donors (Lipinski definition) is 2. The molecule has 5 rings (SSSR count). The Morgan fingerprint density at radius 3 is 2.75 bits per heavy atom. The summed E-state index contributed by atoms with van der Waals surface area (Å²) in [5.41, 5.74) is 2.77. The maximum Gasteiger partial charge on any atom is 0.307 e. The van der Waals surface area contributed by atoms with E-state index in [1.165, 1.54) is 0 Å². The first-order valence-electron chi connectivity index (χ1n) is 12.1. The van der Waals surface area contributed by atoms with Gasteiger partial charge in [-0.05, 0) is 73.7 Å². The molecule has 184 valence electrons. The van der Waals surface area contributed by atoms with Gasteiger partial charge in [-0.2, -0.15) is 0 Å². The van der Waals surface area contributed by atoms with E-state index >= 15 is 0 Å². The highest BCUT2D eigenvalue weighted by Gasteiger charge is 2.34. The number of carboxylic acids is 1. The van der Waals surface area contributed by atoms with Crippen LogP contribution in [0, 0.1) is 11.8 Å². The number of ether oxygens (including phenoxy) is 1. The normalized spacial score (nSPS) is 19.9. The lowest BCUT2D eigenvalue weighted by Gasteiger charge is -2.24. The van der Waals surface area contributed by atoms with Crippen molar-refractivity contribution in [3.05, 3.63) is 76.4 Å². The number of benzene rings is 2. The Labute approximate surface area is 207 Å². The minimum atomic E-state index is -0.977. The van der Waals surface area contributed by atoms with Crippen molar-refractivity contribution in [3.8, 4) is 5.75 Å². The maximum absolute atomic E-state index is 13.2. The fourth-order valence-corrected chi connectivity index (χ4v) is 4.91. The van der Waals surface area contributed by atoms with Crippen molar-refractivity contribution >= 4 is 40.1 Å². The molecule has 1 amide bonds. The molecule has 1 aromatic heterocycles. The quantitative estimate of drug-likeness (QED) is 0.503. The molecule has 1 aliphatic heterocycles. The van der Waals surface area contributed by atoms with Gasteiger partial charge in [0.25, 0.3) is 5.56 Å². The topological polar surface area (TPSA) is 111 Å². The van der Waals surface area contributed by atoms with Gasteiger partial charge in [-0.25, -0.2) is 4.98 Å². The Kier molecular flexibility index (Phi) is 6.41. The lowest BCUT2D eigenvalue weighted by atomic mass is 9.82. The van der Waals surface area contributed by atoms with Gasteiger partial charge in [0.15, 0.2) is 0 Å². The van der Waals surface area contributed by atoms with Crippen molar-refractivity contribution in [1.29, 1.82) is 0 Å². The van der Waals surface area contributed by atoms with Gasteiger partial charge in [-0.1, -0.05) is 24.3 Å². The third-order valence-corrected chi connectivity index (χ3v) is 6.71. The van der Waals surface area contributed by atoms with E-state index in [0.29, 0.717) is 54.8 Å². The van der Waals surface area contributed by atoms with E-state index in [2.05, 4.69) is 5.32 Å². The molecule has 2 aliphatic rings. The Balaban J connectivity index is 1.46. The first kappa shape index (κ1) is 23.5. The average Bonchev–Trinajstić information content (AvgIpc) is 3.27. The highest BCUT2D eigenvalue weighted by atomic mass is 16.5. The molecule has 0 saturated heterocycles. The number of rotatable bonds is 6. The van der Waals surface area contributed by atoms with Crippen LogP contribution in [0.25, 0.3) is 22.6 Å². The van der Waals surface area contributed by atoms with Crippen LogP contribution in [-0.4, -0.2) is 33.1 Å². The van der Waals surface area contributed by atoms with E-state index in [9.17, 15) is 19.5 Å². The number of carbonyl (C=O) groups excluding carboxylic acids is 1. The van der Waals surface area contributed by atoms with Gasteiger partial charge in [0.2, 0.25) is 5.91 Å².